The summed E-state index contributed by atoms with van der Waals surface area (Å²) in [4.78, 5) is 14.5. The van der Waals surface area contributed by atoms with Crippen molar-refractivity contribution in [1.29, 1.82) is 0 Å². The van der Waals surface area contributed by atoms with Crippen LogP contribution in [0.4, 0.5) is 0 Å². The van der Waals surface area contributed by atoms with Gasteiger partial charge in [0.1, 0.15) is 0 Å². The van der Waals surface area contributed by atoms with E-state index in [1.54, 1.807) is 0 Å². The molecule has 4 nitrogen and oxygen atoms in total. The molecule has 1 amide bonds. The molecule has 0 spiro atoms. The minimum absolute atomic E-state index is 0.0381. The summed E-state index contributed by atoms with van der Waals surface area (Å²) in [7, 11) is 1.88. The van der Waals surface area contributed by atoms with Crippen LogP contribution in [0.15, 0.2) is 0 Å². The van der Waals surface area contributed by atoms with Crippen LogP contribution in [0.2, 0.25) is 0 Å². The molecule has 0 aromatic carbocycles. The minimum atomic E-state index is -0.0381. The molecule has 2 unspecified atom stereocenters. The highest BCUT2D eigenvalue weighted by Gasteiger charge is 2.35. The predicted molar refractivity (Wildman–Crippen MR) is 71.4 cm³/mol. The van der Waals surface area contributed by atoms with Crippen LogP contribution in [-0.4, -0.2) is 49.7 Å². The maximum absolute atomic E-state index is 12.5. The van der Waals surface area contributed by atoms with Crippen molar-refractivity contribution in [3.8, 4) is 0 Å². The molecule has 2 aliphatic heterocycles. The van der Waals surface area contributed by atoms with Crippen LogP contribution in [0, 0.1) is 5.41 Å². The Morgan fingerprint density at radius 3 is 2.89 bits per heavy atom. The largest absolute Gasteiger partial charge is 0.376 e. The van der Waals surface area contributed by atoms with Gasteiger partial charge in [-0.1, -0.05) is 13.8 Å². The van der Waals surface area contributed by atoms with Gasteiger partial charge in [-0.2, -0.15) is 0 Å². The standard InChI is InChI=1S/C14H26N2O2/c1-14(2)6-7-16(10-11-5-4-8-18-11)13(17)12(9-14)15-3/h11-12,15H,4-10H2,1-3H3. The van der Waals surface area contributed by atoms with Gasteiger partial charge in [0.25, 0.3) is 0 Å². The van der Waals surface area contributed by atoms with Crippen molar-refractivity contribution in [1.82, 2.24) is 10.2 Å². The second-order valence-corrected chi connectivity index (χ2v) is 6.38. The third-order valence-electron chi connectivity index (χ3n) is 4.22. The quantitative estimate of drug-likeness (QED) is 0.828. The molecule has 0 saturated carbocycles. The molecule has 2 aliphatic rings. The number of nitrogens with one attached hydrogen (secondary N) is 1. The number of hydrogen-bond donors (Lipinski definition) is 1. The minimum Gasteiger partial charge on any atom is -0.376 e. The third kappa shape index (κ3) is 3.23. The first kappa shape index (κ1) is 13.8. The van der Waals surface area contributed by atoms with Gasteiger partial charge in [-0.15, -0.1) is 0 Å². The SMILES string of the molecule is CNC1CC(C)(C)CCN(CC2CCCO2)C1=O. The molecule has 2 rings (SSSR count). The summed E-state index contributed by atoms with van der Waals surface area (Å²) in [6, 6.07) is -0.0381. The molecule has 0 radical (unpaired) electrons. The Hall–Kier alpha value is -0.610. The first-order chi connectivity index (χ1) is 8.52. The van der Waals surface area contributed by atoms with Crippen molar-refractivity contribution in [2.45, 2.75) is 51.7 Å². The predicted octanol–water partition coefficient (Wildman–Crippen LogP) is 1.40. The number of likely N-dealkylation sites (tertiary alicyclic amines) is 1. The second-order valence-electron chi connectivity index (χ2n) is 6.38. The fourth-order valence-corrected chi connectivity index (χ4v) is 2.95. The van der Waals surface area contributed by atoms with E-state index in [0.29, 0.717) is 0 Å². The smallest absolute Gasteiger partial charge is 0.239 e. The molecule has 104 valence electrons. The molecule has 1 N–H and O–H groups in total. The van der Waals surface area contributed by atoms with Crippen LogP contribution in [0.25, 0.3) is 0 Å². The number of ether oxygens (including phenoxy) is 1. The van der Waals surface area contributed by atoms with Gasteiger partial charge in [-0.05, 0) is 38.1 Å². The molecule has 18 heavy (non-hydrogen) atoms. The molecular formula is C14H26N2O2. The number of nitrogens with zero attached hydrogens (tertiary/aromatic N) is 1. The van der Waals surface area contributed by atoms with E-state index < -0.39 is 0 Å². The zero-order valence-corrected chi connectivity index (χ0v) is 11.9. The van der Waals surface area contributed by atoms with E-state index in [0.717, 1.165) is 45.4 Å². The van der Waals surface area contributed by atoms with Crippen molar-refractivity contribution in [2.24, 2.45) is 5.41 Å². The van der Waals surface area contributed by atoms with Gasteiger partial charge < -0.3 is 15.0 Å². The van der Waals surface area contributed by atoms with Crippen LogP contribution in [0.3, 0.4) is 0 Å². The summed E-state index contributed by atoms with van der Waals surface area (Å²) in [5.41, 5.74) is 0.231. The Morgan fingerprint density at radius 2 is 2.28 bits per heavy atom. The lowest BCUT2D eigenvalue weighted by Crippen LogP contribution is -2.46. The van der Waals surface area contributed by atoms with E-state index >= 15 is 0 Å². The van der Waals surface area contributed by atoms with Crippen LogP contribution < -0.4 is 5.32 Å². The lowest BCUT2D eigenvalue weighted by atomic mass is 9.83. The molecule has 0 aliphatic carbocycles. The van der Waals surface area contributed by atoms with Gasteiger partial charge in [-0.25, -0.2) is 0 Å². The van der Waals surface area contributed by atoms with Gasteiger partial charge in [-0.3, -0.25) is 4.79 Å². The van der Waals surface area contributed by atoms with Crippen LogP contribution in [-0.2, 0) is 9.53 Å². The van der Waals surface area contributed by atoms with Gasteiger partial charge in [0.2, 0.25) is 5.91 Å². The lowest BCUT2D eigenvalue weighted by molar-refractivity contribution is -0.134. The first-order valence-corrected chi connectivity index (χ1v) is 7.09. The van der Waals surface area contributed by atoms with Gasteiger partial charge in [0, 0.05) is 19.7 Å². The number of rotatable bonds is 3. The topological polar surface area (TPSA) is 41.6 Å². The maximum atomic E-state index is 12.5. The van der Waals surface area contributed by atoms with Crippen LogP contribution in [0.1, 0.15) is 39.5 Å². The Bertz CT molecular complexity index is 298. The average molecular weight is 254 g/mol. The average Bonchev–Trinajstić information content (AvgIpc) is 2.79. The van der Waals surface area contributed by atoms with E-state index in [4.69, 9.17) is 4.74 Å². The molecule has 4 heteroatoms. The summed E-state index contributed by atoms with van der Waals surface area (Å²) in [5, 5.41) is 3.17. The molecule has 2 atom stereocenters. The highest BCUT2D eigenvalue weighted by atomic mass is 16.5. The van der Waals surface area contributed by atoms with Gasteiger partial charge in [0.15, 0.2) is 0 Å². The third-order valence-corrected chi connectivity index (χ3v) is 4.22. The van der Waals surface area contributed by atoms with Gasteiger partial charge >= 0.3 is 0 Å². The molecule has 0 aromatic rings. The van der Waals surface area contributed by atoms with E-state index in [1.807, 2.05) is 11.9 Å². The van der Waals surface area contributed by atoms with E-state index in [1.165, 1.54) is 0 Å². The fourth-order valence-electron chi connectivity index (χ4n) is 2.95. The van der Waals surface area contributed by atoms with Crippen molar-refractivity contribution in [3.63, 3.8) is 0 Å². The lowest BCUT2D eigenvalue weighted by Gasteiger charge is -2.26. The monoisotopic (exact) mass is 254 g/mol. The number of carbonyl (C=O) groups is 1. The number of amides is 1. The molecule has 0 aromatic heterocycles. The summed E-state index contributed by atoms with van der Waals surface area (Å²) >= 11 is 0. The molecule has 2 heterocycles. The Balaban J connectivity index is 2.02. The fraction of sp³-hybridized carbons (Fsp3) is 0.929. The van der Waals surface area contributed by atoms with Crippen molar-refractivity contribution >= 4 is 5.91 Å². The summed E-state index contributed by atoms with van der Waals surface area (Å²) in [6.45, 7) is 6.99. The van der Waals surface area contributed by atoms with E-state index in [2.05, 4.69) is 19.2 Å². The van der Waals surface area contributed by atoms with Crippen LogP contribution in [0.5, 0.6) is 0 Å². The second kappa shape index (κ2) is 5.57. The zero-order valence-electron chi connectivity index (χ0n) is 11.9. The molecule has 2 fully saturated rings. The van der Waals surface area contributed by atoms with Crippen molar-refractivity contribution in [2.75, 3.05) is 26.7 Å². The van der Waals surface area contributed by atoms with E-state index in [-0.39, 0.29) is 23.5 Å². The number of hydrogen-bond acceptors (Lipinski definition) is 3. The number of likely N-dealkylation sites (N-methyl/N-ethyl adjacent to an activating group) is 1. The highest BCUT2D eigenvalue weighted by Crippen LogP contribution is 2.31. The molecule has 2 saturated heterocycles. The Labute approximate surface area is 110 Å². The summed E-state index contributed by atoms with van der Waals surface area (Å²) in [5.74, 6) is 0.249. The first-order valence-electron chi connectivity index (χ1n) is 7.09. The zero-order chi connectivity index (χ0) is 13.2. The Kier molecular flexibility index (Phi) is 4.28. The number of carbonyl (C=O) groups excluding carboxylic acids is 1. The van der Waals surface area contributed by atoms with Crippen LogP contribution >= 0.6 is 0 Å². The summed E-state index contributed by atoms with van der Waals surface area (Å²) in [6.07, 6.45) is 4.48. The van der Waals surface area contributed by atoms with Crippen molar-refractivity contribution < 1.29 is 9.53 Å². The maximum Gasteiger partial charge on any atom is 0.239 e. The molecular weight excluding hydrogens is 228 g/mol. The highest BCUT2D eigenvalue weighted by molar-refractivity contribution is 5.82. The normalized spacial score (nSPS) is 32.6. The Morgan fingerprint density at radius 1 is 1.50 bits per heavy atom. The van der Waals surface area contributed by atoms with E-state index in [9.17, 15) is 4.79 Å². The van der Waals surface area contributed by atoms with Gasteiger partial charge in [0.05, 0.1) is 12.1 Å². The molecule has 0 bridgehead atoms. The van der Waals surface area contributed by atoms with Crippen molar-refractivity contribution in [3.05, 3.63) is 0 Å². The summed E-state index contributed by atoms with van der Waals surface area (Å²) < 4.78 is 5.65.